The first kappa shape index (κ1) is 47.7. The van der Waals surface area contributed by atoms with E-state index in [4.69, 9.17) is 21.4 Å². The molecule has 0 bridgehead atoms. The molecule has 6 aromatic rings. The van der Waals surface area contributed by atoms with Crippen LogP contribution in [0.1, 0.15) is 76.6 Å². The summed E-state index contributed by atoms with van der Waals surface area (Å²) in [5.74, 6) is -1.19. The van der Waals surface area contributed by atoms with Crippen LogP contribution in [0, 0.1) is 27.7 Å². The van der Waals surface area contributed by atoms with Crippen LogP contribution in [0.5, 0.6) is 0 Å². The quantitative estimate of drug-likeness (QED) is 0.0931. The average molecular weight is 871 g/mol. The number of carbonyl (C=O) groups excluding carboxylic acids is 2. The molecule has 2 heterocycles. The van der Waals surface area contributed by atoms with Gasteiger partial charge in [0.05, 0.1) is 30.9 Å². The van der Waals surface area contributed by atoms with Crippen molar-refractivity contribution in [3.63, 3.8) is 0 Å². The fourth-order valence-corrected chi connectivity index (χ4v) is 6.23. The molecule has 2 amide bonds. The Morgan fingerprint density at radius 2 is 1.05 bits per heavy atom. The Morgan fingerprint density at radius 3 is 1.48 bits per heavy atom. The first-order valence-electron chi connectivity index (χ1n) is 18.6. The Labute approximate surface area is 354 Å². The van der Waals surface area contributed by atoms with Gasteiger partial charge in [0.25, 0.3) is 11.8 Å². The van der Waals surface area contributed by atoms with Crippen LogP contribution < -0.4 is 10.6 Å². The first-order chi connectivity index (χ1) is 28.7. The molecule has 0 saturated carbocycles. The van der Waals surface area contributed by atoms with Gasteiger partial charge in [-0.25, -0.2) is 0 Å². The van der Waals surface area contributed by atoms with E-state index in [2.05, 4.69) is 58.9 Å². The molecule has 0 spiro atoms. The van der Waals surface area contributed by atoms with Crippen molar-refractivity contribution in [2.24, 2.45) is 14.1 Å². The van der Waals surface area contributed by atoms with Crippen LogP contribution in [0.25, 0.3) is 0 Å². The summed E-state index contributed by atoms with van der Waals surface area (Å²) in [6.45, 7) is 8.44. The number of rotatable bonds is 10. The standard InChI is InChI=1S/C22H22F3N3O2.C13H12F3N3O2.C9H11Cl/c1-14-8-9-16(15(2)10-14)12-30-13-17-6-4-5-7-19(17)26-21(29)18-11-28(3)27-20(18)22(23,24)25;1-19-6-9(11(18-19)13(14,15)16)12(21)17-10-5-3-2-4-8(10)7-20;1-7-3-4-9(6-10)8(2)5-7/h4-11H,12-13H2,1-3H3,(H,26,29);2-6,20H,7H2,1H3,(H,17,21);3-5H,6H2,1-2H3. The minimum atomic E-state index is -4.72. The topological polar surface area (TPSA) is 123 Å². The number of para-hydroxylation sites is 2. The van der Waals surface area contributed by atoms with Gasteiger partial charge >= 0.3 is 12.4 Å². The van der Waals surface area contributed by atoms with Crippen LogP contribution in [0.15, 0.2) is 97.3 Å². The molecule has 324 valence electrons. The summed E-state index contributed by atoms with van der Waals surface area (Å²) in [7, 11) is 2.63. The Balaban J connectivity index is 0.000000228. The van der Waals surface area contributed by atoms with Gasteiger partial charge in [0.2, 0.25) is 0 Å². The molecule has 17 heteroatoms. The van der Waals surface area contributed by atoms with E-state index in [-0.39, 0.29) is 18.9 Å². The lowest BCUT2D eigenvalue weighted by molar-refractivity contribution is -0.142. The number of ether oxygens (including phenoxy) is 1. The second kappa shape index (κ2) is 21.0. The summed E-state index contributed by atoms with van der Waals surface area (Å²) in [4.78, 5) is 24.5. The summed E-state index contributed by atoms with van der Waals surface area (Å²) in [5.41, 5.74) is 5.29. The molecule has 2 aromatic heterocycles. The maximum Gasteiger partial charge on any atom is 0.435 e. The number of nitrogens with zero attached hydrogens (tertiary/aromatic N) is 4. The second-order valence-electron chi connectivity index (χ2n) is 14.0. The normalized spacial score (nSPS) is 11.2. The Morgan fingerprint density at radius 1 is 0.639 bits per heavy atom. The number of halogens is 7. The number of alkyl halides is 7. The summed E-state index contributed by atoms with van der Waals surface area (Å²) < 4.78 is 85.6. The van der Waals surface area contributed by atoms with Crippen molar-refractivity contribution in [2.45, 2.75) is 65.7 Å². The molecular weight excluding hydrogens is 826 g/mol. The Kier molecular flexibility index (Phi) is 16.4. The summed E-state index contributed by atoms with van der Waals surface area (Å²) in [6.07, 6.45) is -7.38. The molecule has 0 aliphatic carbocycles. The molecule has 0 aliphatic rings. The van der Waals surface area contributed by atoms with Crippen molar-refractivity contribution < 1.29 is 45.8 Å². The predicted molar refractivity (Wildman–Crippen MR) is 221 cm³/mol. The SMILES string of the molecule is Cc1ccc(CCl)c(C)c1.Cc1ccc(COCc2ccccc2NC(=O)c2cn(C)nc2C(F)(F)F)c(C)c1.Cn1cc(C(=O)Nc2ccccc2CO)c(C(F)(F)F)n1. The van der Waals surface area contributed by atoms with Crippen molar-refractivity contribution in [1.29, 1.82) is 0 Å². The van der Waals surface area contributed by atoms with Crippen LogP contribution in [-0.2, 0) is 56.9 Å². The highest BCUT2D eigenvalue weighted by atomic mass is 35.5. The minimum absolute atomic E-state index is 0.197. The van der Waals surface area contributed by atoms with E-state index >= 15 is 0 Å². The zero-order chi connectivity index (χ0) is 45.1. The molecular formula is C44H45ClF6N6O4. The highest BCUT2D eigenvalue weighted by molar-refractivity contribution is 6.17. The zero-order valence-electron chi connectivity index (χ0n) is 34.2. The largest absolute Gasteiger partial charge is 0.435 e. The number of aliphatic hydroxyl groups is 1. The lowest BCUT2D eigenvalue weighted by atomic mass is 10.1. The van der Waals surface area contributed by atoms with Gasteiger partial charge in [0, 0.05) is 54.9 Å². The molecule has 0 fully saturated rings. The molecule has 0 unspecified atom stereocenters. The van der Waals surface area contributed by atoms with Crippen molar-refractivity contribution in [1.82, 2.24) is 19.6 Å². The number of hydrogen-bond donors (Lipinski definition) is 3. The number of aromatic nitrogens is 4. The molecule has 4 aromatic carbocycles. The summed E-state index contributed by atoms with van der Waals surface area (Å²) in [6, 6.07) is 25.5. The molecule has 61 heavy (non-hydrogen) atoms. The number of aliphatic hydroxyl groups excluding tert-OH is 1. The Hall–Kier alpha value is -5.97. The van der Waals surface area contributed by atoms with Gasteiger partial charge < -0.3 is 20.5 Å². The van der Waals surface area contributed by atoms with Crippen LogP contribution in [0.2, 0.25) is 0 Å². The van der Waals surface area contributed by atoms with Gasteiger partial charge in [-0.15, -0.1) is 11.6 Å². The van der Waals surface area contributed by atoms with Crippen molar-refractivity contribution in [3.05, 3.63) is 164 Å². The molecule has 0 aliphatic heterocycles. The van der Waals surface area contributed by atoms with E-state index in [0.717, 1.165) is 38.4 Å². The average Bonchev–Trinajstić information content (AvgIpc) is 3.80. The van der Waals surface area contributed by atoms with Crippen molar-refractivity contribution >= 4 is 34.8 Å². The highest BCUT2D eigenvalue weighted by Crippen LogP contribution is 2.32. The fraction of sp³-hybridized carbons (Fsp3) is 0.273. The van der Waals surface area contributed by atoms with E-state index < -0.39 is 46.7 Å². The maximum atomic E-state index is 13.1. The van der Waals surface area contributed by atoms with Crippen LogP contribution in [-0.4, -0.2) is 36.5 Å². The van der Waals surface area contributed by atoms with E-state index in [1.807, 2.05) is 26.0 Å². The minimum Gasteiger partial charge on any atom is -0.392 e. The monoisotopic (exact) mass is 870 g/mol. The summed E-state index contributed by atoms with van der Waals surface area (Å²) in [5, 5.41) is 20.7. The third-order valence-electron chi connectivity index (χ3n) is 9.04. The van der Waals surface area contributed by atoms with Crippen molar-refractivity contribution in [3.8, 4) is 0 Å². The maximum absolute atomic E-state index is 13.1. The van der Waals surface area contributed by atoms with Gasteiger partial charge in [-0.05, 0) is 62.1 Å². The van der Waals surface area contributed by atoms with Gasteiger partial charge in [0.15, 0.2) is 11.4 Å². The lowest BCUT2D eigenvalue weighted by Crippen LogP contribution is -2.18. The van der Waals surface area contributed by atoms with Crippen LogP contribution in [0.4, 0.5) is 37.7 Å². The van der Waals surface area contributed by atoms with Gasteiger partial charge in [-0.3, -0.25) is 19.0 Å². The third-order valence-corrected chi connectivity index (χ3v) is 9.33. The molecule has 10 nitrogen and oxygen atoms in total. The first-order valence-corrected chi connectivity index (χ1v) is 19.1. The van der Waals surface area contributed by atoms with Crippen LogP contribution >= 0.6 is 11.6 Å². The second-order valence-corrected chi connectivity index (χ2v) is 14.3. The molecule has 0 atom stereocenters. The number of carbonyl (C=O) groups is 2. The number of nitrogens with one attached hydrogen (secondary N) is 2. The molecule has 0 radical (unpaired) electrons. The van der Waals surface area contributed by atoms with E-state index in [0.29, 0.717) is 29.3 Å². The smallest absolute Gasteiger partial charge is 0.392 e. The Bertz CT molecular complexity index is 2440. The zero-order valence-corrected chi connectivity index (χ0v) is 34.9. The third kappa shape index (κ3) is 13.5. The number of amides is 2. The molecule has 0 saturated heterocycles. The number of benzene rings is 4. The van der Waals surface area contributed by atoms with Gasteiger partial charge in [0.1, 0.15) is 0 Å². The predicted octanol–water partition coefficient (Wildman–Crippen LogP) is 10.3. The summed E-state index contributed by atoms with van der Waals surface area (Å²) >= 11 is 5.68. The van der Waals surface area contributed by atoms with Gasteiger partial charge in [-0.2, -0.15) is 36.5 Å². The van der Waals surface area contributed by atoms with Crippen molar-refractivity contribution in [2.75, 3.05) is 10.6 Å². The van der Waals surface area contributed by atoms with Gasteiger partial charge in [-0.1, -0.05) is 83.9 Å². The lowest BCUT2D eigenvalue weighted by Gasteiger charge is -2.13. The van der Waals surface area contributed by atoms with E-state index in [1.165, 1.54) is 36.9 Å². The molecule has 6 rings (SSSR count). The fourth-order valence-electron chi connectivity index (χ4n) is 5.93. The van der Waals surface area contributed by atoms with E-state index in [1.54, 1.807) is 42.5 Å². The molecule has 3 N–H and O–H groups in total. The number of anilines is 2. The number of hydrogen-bond acceptors (Lipinski definition) is 6. The van der Waals surface area contributed by atoms with E-state index in [9.17, 15) is 35.9 Å². The number of aryl methyl sites for hydroxylation is 6. The van der Waals surface area contributed by atoms with Crippen LogP contribution in [0.3, 0.4) is 0 Å². The highest BCUT2D eigenvalue weighted by Gasteiger charge is 2.40.